The summed E-state index contributed by atoms with van der Waals surface area (Å²) in [5.74, 6) is 0.335. The molecule has 0 amide bonds. The number of hydrogen-bond acceptors (Lipinski definition) is 4. The molecule has 1 aromatic heterocycles. The molecule has 0 aliphatic carbocycles. The van der Waals surface area contributed by atoms with Crippen LogP contribution in [0.4, 0.5) is 10.2 Å². The molecule has 1 aromatic carbocycles. The van der Waals surface area contributed by atoms with E-state index in [9.17, 15) is 4.39 Å². The number of anilines is 1. The Morgan fingerprint density at radius 1 is 1.28 bits per heavy atom. The topological polar surface area (TPSA) is 61.6 Å². The quantitative estimate of drug-likeness (QED) is 0.821. The molecule has 0 fully saturated rings. The van der Waals surface area contributed by atoms with Crippen molar-refractivity contribution < 1.29 is 4.39 Å². The Bertz CT molecular complexity index is 577. The number of nitrogens with one attached hydrogen (secondary N) is 1. The molecule has 2 rings (SSSR count). The second kappa shape index (κ2) is 5.92. The Morgan fingerprint density at radius 2 is 2.17 bits per heavy atom. The van der Waals surface area contributed by atoms with Gasteiger partial charge in [0.1, 0.15) is 18.0 Å². The van der Waals surface area contributed by atoms with E-state index in [1.165, 1.54) is 18.5 Å². The number of benzene rings is 1. The van der Waals surface area contributed by atoms with Crippen molar-refractivity contribution in [2.45, 2.75) is 19.3 Å². The number of aromatic nitrogens is 2. The third-order valence-corrected chi connectivity index (χ3v) is 2.61. The summed E-state index contributed by atoms with van der Waals surface area (Å²) >= 11 is 0. The van der Waals surface area contributed by atoms with Crippen LogP contribution in [0.1, 0.15) is 19.3 Å². The molecule has 0 bridgehead atoms. The van der Waals surface area contributed by atoms with Gasteiger partial charge in [0.05, 0.1) is 11.6 Å². The number of hydrogen-bond donors (Lipinski definition) is 1. The van der Waals surface area contributed by atoms with E-state index < -0.39 is 0 Å². The molecule has 0 aliphatic heterocycles. The first-order valence-corrected chi connectivity index (χ1v) is 5.82. The highest BCUT2D eigenvalue weighted by Gasteiger charge is 2.04. The van der Waals surface area contributed by atoms with Crippen LogP contribution in [-0.2, 0) is 0 Å². The first-order chi connectivity index (χ1) is 8.81. The summed E-state index contributed by atoms with van der Waals surface area (Å²) in [5, 5.41) is 12.2. The zero-order valence-electron chi connectivity index (χ0n) is 9.86. The molecular formula is C13H13FN4. The van der Waals surface area contributed by atoms with Gasteiger partial charge in [0, 0.05) is 18.4 Å². The van der Waals surface area contributed by atoms with Gasteiger partial charge in [-0.2, -0.15) is 5.26 Å². The lowest BCUT2D eigenvalue weighted by Crippen LogP contribution is -2.04. The number of nitrogens with zero attached hydrogens (tertiary/aromatic N) is 3. The third kappa shape index (κ3) is 2.92. The van der Waals surface area contributed by atoms with E-state index in [1.807, 2.05) is 0 Å². The number of nitriles is 1. The second-order valence-corrected chi connectivity index (χ2v) is 3.93. The summed E-state index contributed by atoms with van der Waals surface area (Å²) in [6.45, 7) is 0.713. The third-order valence-electron chi connectivity index (χ3n) is 2.61. The summed E-state index contributed by atoms with van der Waals surface area (Å²) in [5.41, 5.74) is 0.714. The standard InChI is InChI=1S/C13H13FN4/c14-10-4-5-12-11(8-10)13(18-9-17-12)16-7-3-1-2-6-15/h4-5,8-9H,1-3,7H2,(H,16,17,18). The van der Waals surface area contributed by atoms with E-state index in [1.54, 1.807) is 6.07 Å². The van der Waals surface area contributed by atoms with Gasteiger partial charge in [-0.25, -0.2) is 14.4 Å². The van der Waals surface area contributed by atoms with Gasteiger partial charge in [-0.15, -0.1) is 0 Å². The molecule has 0 unspecified atom stereocenters. The average Bonchev–Trinajstić information content (AvgIpc) is 2.39. The van der Waals surface area contributed by atoms with Gasteiger partial charge in [-0.3, -0.25) is 0 Å². The minimum absolute atomic E-state index is 0.301. The monoisotopic (exact) mass is 244 g/mol. The fourth-order valence-electron chi connectivity index (χ4n) is 1.71. The first-order valence-electron chi connectivity index (χ1n) is 5.82. The van der Waals surface area contributed by atoms with Crippen molar-refractivity contribution >= 4 is 16.7 Å². The SMILES string of the molecule is N#CCCCCNc1ncnc2ccc(F)cc12. The maximum atomic E-state index is 13.2. The number of rotatable bonds is 5. The van der Waals surface area contributed by atoms with E-state index >= 15 is 0 Å². The molecule has 0 spiro atoms. The van der Waals surface area contributed by atoms with Crippen molar-refractivity contribution in [3.63, 3.8) is 0 Å². The Labute approximate surface area is 104 Å². The van der Waals surface area contributed by atoms with Gasteiger partial charge in [0.25, 0.3) is 0 Å². The van der Waals surface area contributed by atoms with Crippen LogP contribution in [-0.4, -0.2) is 16.5 Å². The highest BCUT2D eigenvalue weighted by molar-refractivity contribution is 5.88. The molecule has 18 heavy (non-hydrogen) atoms. The number of unbranched alkanes of at least 4 members (excludes halogenated alkanes) is 2. The second-order valence-electron chi connectivity index (χ2n) is 3.93. The molecule has 2 aromatic rings. The molecule has 1 heterocycles. The number of fused-ring (bicyclic) bond motifs is 1. The molecule has 92 valence electrons. The molecule has 0 atom stereocenters. The molecule has 0 saturated carbocycles. The fraction of sp³-hybridized carbons (Fsp3) is 0.308. The van der Waals surface area contributed by atoms with Gasteiger partial charge in [0.2, 0.25) is 0 Å². The van der Waals surface area contributed by atoms with Crippen LogP contribution in [0.2, 0.25) is 0 Å². The van der Waals surface area contributed by atoms with E-state index in [0.29, 0.717) is 29.7 Å². The van der Waals surface area contributed by atoms with Gasteiger partial charge in [-0.05, 0) is 31.0 Å². The average molecular weight is 244 g/mol. The van der Waals surface area contributed by atoms with E-state index in [-0.39, 0.29) is 5.82 Å². The van der Waals surface area contributed by atoms with Crippen molar-refractivity contribution in [2.75, 3.05) is 11.9 Å². The lowest BCUT2D eigenvalue weighted by atomic mass is 10.2. The van der Waals surface area contributed by atoms with Crippen molar-refractivity contribution in [1.29, 1.82) is 5.26 Å². The maximum absolute atomic E-state index is 13.2. The highest BCUT2D eigenvalue weighted by atomic mass is 19.1. The van der Waals surface area contributed by atoms with Gasteiger partial charge in [0.15, 0.2) is 0 Å². The van der Waals surface area contributed by atoms with Crippen molar-refractivity contribution in [2.24, 2.45) is 0 Å². The highest BCUT2D eigenvalue weighted by Crippen LogP contribution is 2.19. The van der Waals surface area contributed by atoms with Crippen molar-refractivity contribution in [1.82, 2.24) is 9.97 Å². The fourth-order valence-corrected chi connectivity index (χ4v) is 1.71. The Kier molecular flexibility index (Phi) is 4.02. The molecule has 5 heteroatoms. The smallest absolute Gasteiger partial charge is 0.137 e. The lowest BCUT2D eigenvalue weighted by molar-refractivity contribution is 0.629. The van der Waals surface area contributed by atoms with Gasteiger partial charge in [-0.1, -0.05) is 0 Å². The van der Waals surface area contributed by atoms with Crippen LogP contribution in [0.25, 0.3) is 10.9 Å². The summed E-state index contributed by atoms with van der Waals surface area (Å²) in [6, 6.07) is 6.54. The molecule has 4 nitrogen and oxygen atoms in total. The van der Waals surface area contributed by atoms with Gasteiger partial charge >= 0.3 is 0 Å². The molecule has 0 radical (unpaired) electrons. The molecule has 0 saturated heterocycles. The van der Waals surface area contributed by atoms with E-state index in [0.717, 1.165) is 12.8 Å². The molecular weight excluding hydrogens is 231 g/mol. The Balaban J connectivity index is 2.08. The van der Waals surface area contributed by atoms with Crippen LogP contribution in [0.5, 0.6) is 0 Å². The predicted molar refractivity (Wildman–Crippen MR) is 67.4 cm³/mol. The van der Waals surface area contributed by atoms with E-state index in [4.69, 9.17) is 5.26 Å². The first kappa shape index (κ1) is 12.2. The zero-order chi connectivity index (χ0) is 12.8. The minimum Gasteiger partial charge on any atom is -0.369 e. The maximum Gasteiger partial charge on any atom is 0.137 e. The summed E-state index contributed by atoms with van der Waals surface area (Å²) < 4.78 is 13.2. The number of halogens is 1. The van der Waals surface area contributed by atoms with Crippen LogP contribution >= 0.6 is 0 Å². The van der Waals surface area contributed by atoms with Crippen LogP contribution in [0.15, 0.2) is 24.5 Å². The summed E-state index contributed by atoms with van der Waals surface area (Å²) in [7, 11) is 0. The normalized spacial score (nSPS) is 10.2. The molecule has 0 aliphatic rings. The van der Waals surface area contributed by atoms with Crippen LogP contribution in [0.3, 0.4) is 0 Å². The minimum atomic E-state index is -0.301. The Hall–Kier alpha value is -2.22. The van der Waals surface area contributed by atoms with Crippen LogP contribution < -0.4 is 5.32 Å². The van der Waals surface area contributed by atoms with Crippen molar-refractivity contribution in [3.05, 3.63) is 30.3 Å². The van der Waals surface area contributed by atoms with Gasteiger partial charge < -0.3 is 5.32 Å². The zero-order valence-corrected chi connectivity index (χ0v) is 9.86. The summed E-state index contributed by atoms with van der Waals surface area (Å²) in [4.78, 5) is 8.19. The molecule has 1 N–H and O–H groups in total. The summed E-state index contributed by atoms with van der Waals surface area (Å²) in [6.07, 6.45) is 3.74. The predicted octanol–water partition coefficient (Wildman–Crippen LogP) is 2.87. The van der Waals surface area contributed by atoms with Crippen LogP contribution in [0, 0.1) is 17.1 Å². The largest absolute Gasteiger partial charge is 0.369 e. The van der Waals surface area contributed by atoms with E-state index in [2.05, 4.69) is 21.4 Å². The lowest BCUT2D eigenvalue weighted by Gasteiger charge is -2.07. The Morgan fingerprint density at radius 3 is 3.00 bits per heavy atom. The van der Waals surface area contributed by atoms with Crippen molar-refractivity contribution in [3.8, 4) is 6.07 Å².